The van der Waals surface area contributed by atoms with Gasteiger partial charge in [0.05, 0.1) is 5.76 Å². The van der Waals surface area contributed by atoms with Gasteiger partial charge in [0.15, 0.2) is 0 Å². The van der Waals surface area contributed by atoms with Crippen LogP contribution in [0.3, 0.4) is 0 Å². The third-order valence-corrected chi connectivity index (χ3v) is 2.53. The molecule has 0 amide bonds. The molecule has 0 aromatic carbocycles. The summed E-state index contributed by atoms with van der Waals surface area (Å²) < 4.78 is 5.38. The Bertz CT molecular complexity index is 235. The number of piperazine rings is 1. The van der Waals surface area contributed by atoms with E-state index in [0.29, 0.717) is 13.2 Å². The normalized spacial score (nSPS) is 20.5. The second-order valence-electron chi connectivity index (χ2n) is 4.03. The maximum Gasteiger partial charge on any atom is 0.115 e. The van der Waals surface area contributed by atoms with Crippen molar-refractivity contribution < 1.29 is 9.84 Å². The molecule has 0 aromatic heterocycles. The fraction of sp³-hybridized carbons (Fsp3) is 0.667. The first kappa shape index (κ1) is 13.2. The summed E-state index contributed by atoms with van der Waals surface area (Å²) in [6, 6.07) is 0. The Hall–Kier alpha value is -0.840. The van der Waals surface area contributed by atoms with E-state index >= 15 is 0 Å². The summed E-state index contributed by atoms with van der Waals surface area (Å²) in [4.78, 5) is 2.25. The molecule has 0 aliphatic carbocycles. The number of allylic oxidation sites excluding steroid dienone is 3. The number of β-amino-alcohol motifs (C(OH)–C–C–N with tert-alkyl or cyclic N) is 1. The molecule has 4 heteroatoms. The maximum absolute atomic E-state index is 9.78. The highest BCUT2D eigenvalue weighted by Gasteiger charge is 2.14. The first-order chi connectivity index (χ1) is 7.72. The third-order valence-electron chi connectivity index (χ3n) is 2.53. The predicted octanol–water partition coefficient (Wildman–Crippen LogP) is 0.359. The molecule has 1 aliphatic heterocycles. The van der Waals surface area contributed by atoms with E-state index in [0.717, 1.165) is 31.9 Å². The zero-order valence-electron chi connectivity index (χ0n) is 9.98. The molecule has 1 aliphatic rings. The zero-order chi connectivity index (χ0) is 11.8. The molecular weight excluding hydrogens is 204 g/mol. The van der Waals surface area contributed by atoms with Gasteiger partial charge in [0.1, 0.15) is 12.7 Å². The molecule has 1 atom stereocenters. The van der Waals surface area contributed by atoms with E-state index in [9.17, 15) is 5.11 Å². The van der Waals surface area contributed by atoms with Crippen molar-refractivity contribution in [1.82, 2.24) is 10.2 Å². The fourth-order valence-electron chi connectivity index (χ4n) is 1.69. The number of rotatable bonds is 6. The largest absolute Gasteiger partial charge is 0.495 e. The number of hydrogen-bond acceptors (Lipinski definition) is 4. The average molecular weight is 226 g/mol. The lowest BCUT2D eigenvalue weighted by Crippen LogP contribution is -2.47. The lowest BCUT2D eigenvalue weighted by Gasteiger charge is -2.29. The van der Waals surface area contributed by atoms with Crippen molar-refractivity contribution in [3.63, 3.8) is 0 Å². The fourth-order valence-corrected chi connectivity index (χ4v) is 1.69. The van der Waals surface area contributed by atoms with E-state index in [2.05, 4.69) is 16.8 Å². The van der Waals surface area contributed by atoms with Crippen LogP contribution >= 0.6 is 0 Å². The molecule has 4 nitrogen and oxygen atoms in total. The van der Waals surface area contributed by atoms with Crippen LogP contribution in [0.1, 0.15) is 6.92 Å². The summed E-state index contributed by atoms with van der Waals surface area (Å²) in [7, 11) is 0. The van der Waals surface area contributed by atoms with Gasteiger partial charge in [-0.25, -0.2) is 0 Å². The number of aliphatic hydroxyl groups is 1. The van der Waals surface area contributed by atoms with Crippen LogP contribution < -0.4 is 5.32 Å². The van der Waals surface area contributed by atoms with Gasteiger partial charge in [-0.1, -0.05) is 12.7 Å². The third kappa shape index (κ3) is 5.30. The van der Waals surface area contributed by atoms with Crippen molar-refractivity contribution in [2.24, 2.45) is 0 Å². The van der Waals surface area contributed by atoms with Gasteiger partial charge in [-0.15, -0.1) is 0 Å². The van der Waals surface area contributed by atoms with Crippen molar-refractivity contribution in [3.8, 4) is 0 Å². The smallest absolute Gasteiger partial charge is 0.115 e. The van der Waals surface area contributed by atoms with Crippen LogP contribution in [0.25, 0.3) is 0 Å². The van der Waals surface area contributed by atoms with E-state index in [1.54, 1.807) is 12.2 Å². The number of hydrogen-bond donors (Lipinski definition) is 2. The number of ether oxygens (including phenoxy) is 1. The van der Waals surface area contributed by atoms with Gasteiger partial charge in [-0.3, -0.25) is 4.90 Å². The van der Waals surface area contributed by atoms with Crippen LogP contribution in [0.2, 0.25) is 0 Å². The van der Waals surface area contributed by atoms with Gasteiger partial charge in [-0.2, -0.15) is 0 Å². The van der Waals surface area contributed by atoms with Gasteiger partial charge >= 0.3 is 0 Å². The summed E-state index contributed by atoms with van der Waals surface area (Å²) >= 11 is 0. The minimum Gasteiger partial charge on any atom is -0.495 e. The summed E-state index contributed by atoms with van der Waals surface area (Å²) in [6.45, 7) is 10.5. The SMILES string of the molecule is C=C/C=C(\C)OCC(O)CN1CCNCC1. The molecule has 0 radical (unpaired) electrons. The van der Waals surface area contributed by atoms with Crippen molar-refractivity contribution in [2.75, 3.05) is 39.3 Å². The van der Waals surface area contributed by atoms with Gasteiger partial charge in [0.25, 0.3) is 0 Å². The Morgan fingerprint density at radius 3 is 2.88 bits per heavy atom. The molecular formula is C12H22N2O2. The summed E-state index contributed by atoms with van der Waals surface area (Å²) in [5.41, 5.74) is 0. The van der Waals surface area contributed by atoms with Crippen LogP contribution in [0, 0.1) is 0 Å². The van der Waals surface area contributed by atoms with Crippen LogP contribution in [0.5, 0.6) is 0 Å². The minimum absolute atomic E-state index is 0.347. The first-order valence-electron chi connectivity index (χ1n) is 5.75. The highest BCUT2D eigenvalue weighted by molar-refractivity contribution is 5.01. The molecule has 1 saturated heterocycles. The molecule has 1 rings (SSSR count). The monoisotopic (exact) mass is 226 g/mol. The molecule has 2 N–H and O–H groups in total. The molecule has 16 heavy (non-hydrogen) atoms. The molecule has 0 aromatic rings. The van der Waals surface area contributed by atoms with Crippen LogP contribution in [0.4, 0.5) is 0 Å². The first-order valence-corrected chi connectivity index (χ1v) is 5.75. The van der Waals surface area contributed by atoms with Crippen molar-refractivity contribution in [2.45, 2.75) is 13.0 Å². The molecule has 1 heterocycles. The molecule has 0 bridgehead atoms. The van der Waals surface area contributed by atoms with E-state index in [-0.39, 0.29) is 0 Å². The minimum atomic E-state index is -0.425. The highest BCUT2D eigenvalue weighted by atomic mass is 16.5. The second kappa shape index (κ2) is 7.44. The Labute approximate surface area is 97.6 Å². The van der Waals surface area contributed by atoms with Gasteiger partial charge in [0.2, 0.25) is 0 Å². The topological polar surface area (TPSA) is 44.7 Å². The van der Waals surface area contributed by atoms with Gasteiger partial charge in [0, 0.05) is 32.7 Å². The van der Waals surface area contributed by atoms with Gasteiger partial charge < -0.3 is 15.2 Å². The average Bonchev–Trinajstić information content (AvgIpc) is 2.28. The number of nitrogens with zero attached hydrogens (tertiary/aromatic N) is 1. The maximum atomic E-state index is 9.78. The number of aliphatic hydroxyl groups excluding tert-OH is 1. The second-order valence-corrected chi connectivity index (χ2v) is 4.03. The van der Waals surface area contributed by atoms with E-state index in [1.165, 1.54) is 0 Å². The standard InChI is InChI=1S/C12H22N2O2/c1-3-4-11(2)16-10-12(15)9-14-7-5-13-6-8-14/h3-4,12-13,15H,1,5-10H2,2H3/b11-4+. The zero-order valence-corrected chi connectivity index (χ0v) is 9.98. The number of nitrogens with one attached hydrogen (secondary N) is 1. The predicted molar refractivity (Wildman–Crippen MR) is 65.2 cm³/mol. The van der Waals surface area contributed by atoms with Crippen molar-refractivity contribution in [3.05, 3.63) is 24.5 Å². The summed E-state index contributed by atoms with van der Waals surface area (Å²) in [5, 5.41) is 13.1. The van der Waals surface area contributed by atoms with Crippen molar-refractivity contribution in [1.29, 1.82) is 0 Å². The Kier molecular flexibility index (Phi) is 6.15. The molecule has 1 fully saturated rings. The Morgan fingerprint density at radius 2 is 2.25 bits per heavy atom. The molecule has 92 valence electrons. The summed E-state index contributed by atoms with van der Waals surface area (Å²) in [5.74, 6) is 0.786. The van der Waals surface area contributed by atoms with Crippen molar-refractivity contribution >= 4 is 0 Å². The molecule has 0 saturated carbocycles. The van der Waals surface area contributed by atoms with Gasteiger partial charge in [-0.05, 0) is 13.0 Å². The van der Waals surface area contributed by atoms with E-state index in [4.69, 9.17) is 4.74 Å². The van der Waals surface area contributed by atoms with E-state index < -0.39 is 6.10 Å². The molecule has 0 spiro atoms. The highest BCUT2D eigenvalue weighted by Crippen LogP contribution is 2.00. The Morgan fingerprint density at radius 1 is 1.56 bits per heavy atom. The van der Waals surface area contributed by atoms with Crippen LogP contribution in [0.15, 0.2) is 24.5 Å². The van der Waals surface area contributed by atoms with E-state index in [1.807, 2.05) is 6.92 Å². The lowest BCUT2D eigenvalue weighted by atomic mass is 10.3. The quantitative estimate of drug-likeness (QED) is 0.507. The lowest BCUT2D eigenvalue weighted by molar-refractivity contribution is 0.0405. The molecule has 1 unspecified atom stereocenters. The Balaban J connectivity index is 2.16. The van der Waals surface area contributed by atoms with Crippen LogP contribution in [-0.4, -0.2) is 55.4 Å². The summed E-state index contributed by atoms with van der Waals surface area (Å²) in [6.07, 6.45) is 3.04. The van der Waals surface area contributed by atoms with Crippen LogP contribution in [-0.2, 0) is 4.74 Å².